The third-order valence-corrected chi connectivity index (χ3v) is 7.18. The number of fused-ring (bicyclic) bond motifs is 5. The maximum atomic E-state index is 9.82. The molecular weight excluding hydrogens is 448 g/mol. The number of benzene rings is 5. The van der Waals surface area contributed by atoms with Crippen molar-refractivity contribution in [1.82, 2.24) is 4.40 Å². The lowest BCUT2D eigenvalue weighted by molar-refractivity contribution is 1.27. The van der Waals surface area contributed by atoms with Crippen LogP contribution in [0, 0.1) is 11.3 Å². The molecule has 5 aromatic carbocycles. The Kier molecular flexibility index (Phi) is 4.87. The normalized spacial score (nSPS) is 11.2. The van der Waals surface area contributed by atoms with E-state index in [1.165, 1.54) is 27.5 Å². The standard InChI is InChI=1S/C35H22N2/c36-23-24-20-21-30-31(22-24)37-34(27-16-8-3-9-17-27)32(25-12-4-1-5-13-25)28-18-10-11-19-29(28)35(37)33(30)26-14-6-2-7-15-26/h1-22H. The molecule has 0 saturated heterocycles. The van der Waals surface area contributed by atoms with Gasteiger partial charge in [0.1, 0.15) is 0 Å². The Morgan fingerprint density at radius 1 is 0.486 bits per heavy atom. The molecule has 0 bridgehead atoms. The Morgan fingerprint density at radius 2 is 1.03 bits per heavy atom. The second-order valence-corrected chi connectivity index (χ2v) is 9.27. The number of rotatable bonds is 3. The van der Waals surface area contributed by atoms with Crippen molar-refractivity contribution in [3.63, 3.8) is 0 Å². The van der Waals surface area contributed by atoms with Gasteiger partial charge in [-0.25, -0.2) is 0 Å². The summed E-state index contributed by atoms with van der Waals surface area (Å²) in [5.41, 5.74) is 9.82. The van der Waals surface area contributed by atoms with Crippen LogP contribution in [0.4, 0.5) is 0 Å². The molecule has 7 aromatic rings. The molecule has 0 aliphatic rings. The van der Waals surface area contributed by atoms with Crippen LogP contribution in [0.1, 0.15) is 5.56 Å². The van der Waals surface area contributed by atoms with Gasteiger partial charge in [0, 0.05) is 21.9 Å². The van der Waals surface area contributed by atoms with Gasteiger partial charge in [-0.05, 0) is 34.2 Å². The van der Waals surface area contributed by atoms with Crippen molar-refractivity contribution in [3.05, 3.63) is 139 Å². The van der Waals surface area contributed by atoms with Crippen LogP contribution in [0.2, 0.25) is 0 Å². The highest BCUT2D eigenvalue weighted by molar-refractivity contribution is 6.20. The van der Waals surface area contributed by atoms with Crippen molar-refractivity contribution < 1.29 is 0 Å². The summed E-state index contributed by atoms with van der Waals surface area (Å²) in [6.45, 7) is 0. The summed E-state index contributed by atoms with van der Waals surface area (Å²) in [6, 6.07) is 48.9. The lowest BCUT2D eigenvalue weighted by atomic mass is 9.92. The third kappa shape index (κ3) is 3.26. The Labute approximate surface area is 215 Å². The predicted octanol–water partition coefficient (Wildman–Crippen LogP) is 9.12. The van der Waals surface area contributed by atoms with Crippen LogP contribution in [0.25, 0.3) is 60.7 Å². The summed E-state index contributed by atoms with van der Waals surface area (Å²) >= 11 is 0. The van der Waals surface area contributed by atoms with Gasteiger partial charge in [0.2, 0.25) is 0 Å². The molecule has 0 spiro atoms. The van der Waals surface area contributed by atoms with Crippen LogP contribution in [-0.2, 0) is 0 Å². The van der Waals surface area contributed by atoms with Crippen molar-refractivity contribution in [2.45, 2.75) is 0 Å². The molecule has 172 valence electrons. The Bertz CT molecular complexity index is 1960. The maximum Gasteiger partial charge on any atom is 0.0992 e. The molecule has 0 amide bonds. The van der Waals surface area contributed by atoms with Gasteiger partial charge >= 0.3 is 0 Å². The van der Waals surface area contributed by atoms with Gasteiger partial charge < -0.3 is 4.40 Å². The molecule has 0 saturated carbocycles. The van der Waals surface area contributed by atoms with Crippen molar-refractivity contribution in [3.8, 4) is 39.6 Å². The lowest BCUT2D eigenvalue weighted by Crippen LogP contribution is -1.99. The molecule has 0 aliphatic heterocycles. The minimum Gasteiger partial charge on any atom is -0.307 e. The molecule has 37 heavy (non-hydrogen) atoms. The predicted molar refractivity (Wildman–Crippen MR) is 153 cm³/mol. The number of aromatic nitrogens is 1. The van der Waals surface area contributed by atoms with Crippen LogP contribution in [-0.4, -0.2) is 4.40 Å². The monoisotopic (exact) mass is 470 g/mol. The lowest BCUT2D eigenvalue weighted by Gasteiger charge is -2.19. The quantitative estimate of drug-likeness (QED) is 0.253. The molecule has 0 atom stereocenters. The topological polar surface area (TPSA) is 28.2 Å². The van der Waals surface area contributed by atoms with Crippen LogP contribution in [0.3, 0.4) is 0 Å². The van der Waals surface area contributed by atoms with Crippen molar-refractivity contribution in [1.29, 1.82) is 5.26 Å². The highest BCUT2D eigenvalue weighted by atomic mass is 14.9. The van der Waals surface area contributed by atoms with Gasteiger partial charge in [-0.15, -0.1) is 0 Å². The zero-order chi connectivity index (χ0) is 24.8. The molecule has 7 rings (SSSR count). The zero-order valence-corrected chi connectivity index (χ0v) is 20.1. The molecule has 2 heterocycles. The van der Waals surface area contributed by atoms with Gasteiger partial charge in [-0.1, -0.05) is 121 Å². The summed E-state index contributed by atoms with van der Waals surface area (Å²) in [5, 5.41) is 13.4. The molecule has 2 heteroatoms. The Morgan fingerprint density at radius 3 is 1.65 bits per heavy atom. The molecule has 2 aromatic heterocycles. The van der Waals surface area contributed by atoms with Crippen molar-refractivity contribution in [2.75, 3.05) is 0 Å². The first kappa shape index (κ1) is 21.2. The summed E-state index contributed by atoms with van der Waals surface area (Å²) in [6.07, 6.45) is 0. The minimum atomic E-state index is 0.653. The number of hydrogen-bond donors (Lipinski definition) is 0. The summed E-state index contributed by atoms with van der Waals surface area (Å²) < 4.78 is 2.39. The smallest absolute Gasteiger partial charge is 0.0992 e. The van der Waals surface area contributed by atoms with E-state index in [2.05, 4.69) is 132 Å². The molecule has 2 nitrogen and oxygen atoms in total. The van der Waals surface area contributed by atoms with Crippen molar-refractivity contribution in [2.24, 2.45) is 0 Å². The van der Waals surface area contributed by atoms with Gasteiger partial charge in [0.05, 0.1) is 28.4 Å². The molecule has 0 fully saturated rings. The second kappa shape index (κ2) is 8.52. The third-order valence-electron chi connectivity index (χ3n) is 7.18. The first-order valence-corrected chi connectivity index (χ1v) is 12.4. The molecule has 0 radical (unpaired) electrons. The number of nitriles is 1. The Hall–Kier alpha value is -5.13. The number of hydrogen-bond acceptors (Lipinski definition) is 1. The highest BCUT2D eigenvalue weighted by Gasteiger charge is 2.24. The molecule has 0 N–H and O–H groups in total. The maximum absolute atomic E-state index is 9.82. The first-order chi connectivity index (χ1) is 18.3. The summed E-state index contributed by atoms with van der Waals surface area (Å²) in [4.78, 5) is 0. The van der Waals surface area contributed by atoms with Gasteiger partial charge in [0.25, 0.3) is 0 Å². The van der Waals surface area contributed by atoms with Crippen LogP contribution in [0.5, 0.6) is 0 Å². The van der Waals surface area contributed by atoms with E-state index in [-0.39, 0.29) is 0 Å². The zero-order valence-electron chi connectivity index (χ0n) is 20.1. The highest BCUT2D eigenvalue weighted by Crippen LogP contribution is 2.46. The van der Waals surface area contributed by atoms with Gasteiger partial charge in [-0.2, -0.15) is 5.26 Å². The second-order valence-electron chi connectivity index (χ2n) is 9.27. The number of pyridine rings is 1. The Balaban J connectivity index is 1.83. The van der Waals surface area contributed by atoms with Gasteiger partial charge in [0.15, 0.2) is 0 Å². The van der Waals surface area contributed by atoms with E-state index < -0.39 is 0 Å². The van der Waals surface area contributed by atoms with Crippen LogP contribution in [0.15, 0.2) is 133 Å². The van der Waals surface area contributed by atoms with E-state index in [0.29, 0.717) is 5.56 Å². The van der Waals surface area contributed by atoms with E-state index in [1.807, 2.05) is 12.1 Å². The van der Waals surface area contributed by atoms with E-state index in [0.717, 1.165) is 33.2 Å². The van der Waals surface area contributed by atoms with E-state index in [9.17, 15) is 5.26 Å². The SMILES string of the molecule is N#Cc1ccc2c(-c3ccccc3)c3c4ccccc4c(-c4ccccc4)c(-c4ccccc4)n3c2c1. The first-order valence-electron chi connectivity index (χ1n) is 12.4. The van der Waals surface area contributed by atoms with E-state index >= 15 is 0 Å². The summed E-state index contributed by atoms with van der Waals surface area (Å²) in [7, 11) is 0. The van der Waals surface area contributed by atoms with Crippen LogP contribution < -0.4 is 0 Å². The fourth-order valence-corrected chi connectivity index (χ4v) is 5.66. The molecule has 0 unspecified atom stereocenters. The number of nitrogens with zero attached hydrogens (tertiary/aromatic N) is 2. The fourth-order valence-electron chi connectivity index (χ4n) is 5.66. The van der Waals surface area contributed by atoms with E-state index in [4.69, 9.17) is 0 Å². The van der Waals surface area contributed by atoms with Crippen LogP contribution >= 0.6 is 0 Å². The fraction of sp³-hybridized carbons (Fsp3) is 0. The summed E-state index contributed by atoms with van der Waals surface area (Å²) in [5.74, 6) is 0. The average molecular weight is 471 g/mol. The van der Waals surface area contributed by atoms with E-state index in [1.54, 1.807) is 0 Å². The van der Waals surface area contributed by atoms with Gasteiger partial charge in [-0.3, -0.25) is 0 Å². The molecule has 0 aliphatic carbocycles. The average Bonchev–Trinajstić information content (AvgIpc) is 3.32. The van der Waals surface area contributed by atoms with Crippen molar-refractivity contribution >= 4 is 27.2 Å². The largest absolute Gasteiger partial charge is 0.307 e. The molecular formula is C35H22N2. The minimum absolute atomic E-state index is 0.653.